The number of halogens is 4. The van der Waals surface area contributed by atoms with Gasteiger partial charge in [0.25, 0.3) is 0 Å². The number of aromatic amines is 2. The Bertz CT molecular complexity index is 2790. The third-order valence-corrected chi connectivity index (χ3v) is 16.5. The van der Waals surface area contributed by atoms with E-state index in [0.717, 1.165) is 25.7 Å². The molecule has 1 aliphatic carbocycles. The van der Waals surface area contributed by atoms with Crippen molar-refractivity contribution in [1.29, 1.82) is 0 Å². The summed E-state index contributed by atoms with van der Waals surface area (Å²) in [6.45, 7) is 9.87. The van der Waals surface area contributed by atoms with E-state index in [9.17, 15) is 14.4 Å². The van der Waals surface area contributed by atoms with Gasteiger partial charge in [0, 0.05) is 61.5 Å². The number of likely N-dealkylation sites (tertiary alicyclic amines) is 2. The lowest BCUT2D eigenvalue weighted by Gasteiger charge is -2.39. The molecular formula is C55H69F4N9O4. The number of nitrogens with zero attached hydrogens (tertiary/aromatic N) is 6. The number of hydrogen-bond acceptors (Lipinski definition) is 8. The van der Waals surface area contributed by atoms with Gasteiger partial charge < -0.3 is 39.6 Å². The maximum Gasteiger partial charge on any atom is 0.407 e. The first-order chi connectivity index (χ1) is 34.7. The highest BCUT2D eigenvalue weighted by atomic mass is 19.1. The monoisotopic (exact) mass is 996 g/mol. The third-order valence-electron chi connectivity index (χ3n) is 16.5. The molecule has 0 unspecified atom stereocenters. The van der Waals surface area contributed by atoms with Crippen molar-refractivity contribution in [3.63, 3.8) is 0 Å². The van der Waals surface area contributed by atoms with E-state index >= 15 is 17.6 Å². The van der Waals surface area contributed by atoms with E-state index in [1.165, 1.54) is 63.5 Å². The number of benzene rings is 3. The molecule has 72 heavy (non-hydrogen) atoms. The molecule has 10 rings (SSSR count). The number of piperidine rings is 1. The number of alkyl carbamates (subject to hydrolysis) is 1. The Morgan fingerprint density at radius 2 is 1.17 bits per heavy atom. The van der Waals surface area contributed by atoms with E-state index in [0.29, 0.717) is 104 Å². The van der Waals surface area contributed by atoms with Gasteiger partial charge in [-0.1, -0.05) is 59.8 Å². The van der Waals surface area contributed by atoms with Crippen LogP contribution in [0.2, 0.25) is 0 Å². The number of carbonyl (C=O) groups excluding carboxylic acids is 3. The second kappa shape index (κ2) is 20.6. The van der Waals surface area contributed by atoms with Crippen molar-refractivity contribution in [1.82, 2.24) is 35.1 Å². The van der Waals surface area contributed by atoms with Crippen molar-refractivity contribution in [3.8, 4) is 0 Å². The fourth-order valence-corrected chi connectivity index (χ4v) is 13.0. The molecule has 0 spiro atoms. The number of rotatable bonds is 12. The van der Waals surface area contributed by atoms with Gasteiger partial charge in [0.2, 0.25) is 11.8 Å². The molecule has 17 heteroatoms. The van der Waals surface area contributed by atoms with Crippen molar-refractivity contribution < 1.29 is 36.7 Å². The molecule has 13 nitrogen and oxygen atoms in total. The Hall–Kier alpha value is -5.87. The normalized spacial score (nSPS) is 22.9. The van der Waals surface area contributed by atoms with Crippen LogP contribution in [0, 0.1) is 46.9 Å². The molecule has 2 aromatic heterocycles. The molecule has 0 radical (unpaired) electrons. The van der Waals surface area contributed by atoms with E-state index in [-0.39, 0.29) is 52.2 Å². The number of H-pyrrole nitrogens is 2. The minimum absolute atomic E-state index is 0.0547. The van der Waals surface area contributed by atoms with E-state index in [2.05, 4.69) is 15.3 Å². The first-order valence-corrected chi connectivity index (χ1v) is 26.5. The van der Waals surface area contributed by atoms with Gasteiger partial charge in [-0.25, -0.2) is 32.3 Å². The van der Waals surface area contributed by atoms with Crippen LogP contribution in [0.3, 0.4) is 0 Å². The van der Waals surface area contributed by atoms with Gasteiger partial charge >= 0.3 is 6.09 Å². The number of fused-ring (bicyclic) bond motifs is 2. The van der Waals surface area contributed by atoms with Gasteiger partial charge in [-0.3, -0.25) is 9.59 Å². The lowest BCUT2D eigenvalue weighted by Crippen LogP contribution is -2.51. The van der Waals surface area contributed by atoms with Crippen LogP contribution >= 0.6 is 0 Å². The largest absolute Gasteiger partial charge is 0.453 e. The molecule has 3 aromatic carbocycles. The highest BCUT2D eigenvalue weighted by Gasteiger charge is 2.42. The van der Waals surface area contributed by atoms with Crippen LogP contribution in [0.4, 0.5) is 33.7 Å². The molecule has 5 atom stereocenters. The molecule has 4 saturated heterocycles. The maximum absolute atomic E-state index is 16.9. The number of amides is 3. The molecule has 4 aliphatic heterocycles. The van der Waals surface area contributed by atoms with Gasteiger partial charge in [0.15, 0.2) is 11.6 Å². The van der Waals surface area contributed by atoms with Crippen LogP contribution in [0.25, 0.3) is 22.1 Å². The number of carbonyl (C=O) groups is 3. The second-order valence-corrected chi connectivity index (χ2v) is 21.9. The van der Waals surface area contributed by atoms with Crippen LogP contribution in [0.15, 0.2) is 36.4 Å². The number of anilines is 2. The summed E-state index contributed by atoms with van der Waals surface area (Å²) < 4.78 is 72.1. The van der Waals surface area contributed by atoms with Crippen LogP contribution in [0.1, 0.15) is 165 Å². The van der Waals surface area contributed by atoms with Crippen molar-refractivity contribution in [2.45, 2.75) is 148 Å². The molecule has 0 bridgehead atoms. The topological polar surface area (TPSA) is 143 Å². The standard InChI is InChI=1S/C55H69F4N9O4/c1-30(2)23-49(69)66-19-9-13-47(66)52-60-41-26-35(37(56)28-43(41)62-52)45-15-16-46(68(45)34-24-39(58)51(40(59)25-34)65-21-17-33(18-22-65)32-11-7-6-8-12-32)36-27-42-44(29-38(36)57)63-53(61-42)48-14-10-20-67(48)54(70)50(31(3)4)64-55(71)72-5/h24-33,45-48,50H,6-23H2,1-5H3,(H,60,62)(H,61,63)(H,64,71)/t45-,46-,47+,48+,50+/m1/s1. The van der Waals surface area contributed by atoms with E-state index in [1.54, 1.807) is 21.9 Å². The number of ether oxygens (including phenoxy) is 1. The molecule has 3 N–H and O–H groups in total. The zero-order valence-electron chi connectivity index (χ0n) is 42.2. The van der Waals surface area contributed by atoms with E-state index in [4.69, 9.17) is 14.7 Å². The number of aromatic nitrogens is 4. The molecule has 1 saturated carbocycles. The fourth-order valence-electron chi connectivity index (χ4n) is 13.0. The summed E-state index contributed by atoms with van der Waals surface area (Å²) in [6.07, 6.45) is 11.2. The van der Waals surface area contributed by atoms with Crippen molar-refractivity contribution in [2.75, 3.05) is 43.1 Å². The SMILES string of the molecule is COC(=O)N[C@H](C(=O)N1CCC[C@H]1c1nc2cc(F)c([C@H]3CC[C@H](c4cc5[nH]c([C@@H]6CCCN6C(=O)CC(C)C)nc5cc4F)N3c3cc(F)c(N4CCC(C5CCCCC5)CC4)c(F)c3)cc2[nH]1)C(C)C. The Balaban J connectivity index is 0.992. The number of nitrogens with one attached hydrogen (secondary N) is 3. The van der Waals surface area contributed by atoms with Crippen molar-refractivity contribution in [2.24, 2.45) is 23.7 Å². The highest BCUT2D eigenvalue weighted by molar-refractivity contribution is 5.87. The summed E-state index contributed by atoms with van der Waals surface area (Å²) in [5.41, 5.74) is 2.42. The molecule has 386 valence electrons. The predicted octanol–water partition coefficient (Wildman–Crippen LogP) is 11.6. The summed E-state index contributed by atoms with van der Waals surface area (Å²) in [7, 11) is 1.24. The quantitative estimate of drug-likeness (QED) is 0.105. The maximum atomic E-state index is 16.9. The van der Waals surface area contributed by atoms with Crippen LogP contribution in [0.5, 0.6) is 0 Å². The molecule has 5 aromatic rings. The number of hydrogen-bond donors (Lipinski definition) is 3. The molecule has 6 heterocycles. The van der Waals surface area contributed by atoms with Gasteiger partial charge in [-0.05, 0) is 99.3 Å². The van der Waals surface area contributed by atoms with Gasteiger partial charge in [0.1, 0.15) is 35.0 Å². The summed E-state index contributed by atoms with van der Waals surface area (Å²) in [5, 5.41) is 2.67. The molecule has 5 aliphatic rings. The lowest BCUT2D eigenvalue weighted by atomic mass is 9.76. The first kappa shape index (κ1) is 49.7. The Labute approximate surface area is 418 Å². The van der Waals surface area contributed by atoms with Crippen LogP contribution in [-0.4, -0.2) is 87.0 Å². The second-order valence-electron chi connectivity index (χ2n) is 21.9. The van der Waals surface area contributed by atoms with Crippen LogP contribution < -0.4 is 15.1 Å². The van der Waals surface area contributed by atoms with Crippen LogP contribution in [-0.2, 0) is 14.3 Å². The molecular weight excluding hydrogens is 927 g/mol. The van der Waals surface area contributed by atoms with Crippen molar-refractivity contribution >= 4 is 51.3 Å². The van der Waals surface area contributed by atoms with Gasteiger partial charge in [-0.2, -0.15) is 0 Å². The minimum Gasteiger partial charge on any atom is -0.453 e. The summed E-state index contributed by atoms with van der Waals surface area (Å²) >= 11 is 0. The van der Waals surface area contributed by atoms with E-state index < -0.39 is 53.5 Å². The van der Waals surface area contributed by atoms with Crippen molar-refractivity contribution in [3.05, 3.63) is 82.4 Å². The summed E-state index contributed by atoms with van der Waals surface area (Å²) in [4.78, 5) is 62.9. The van der Waals surface area contributed by atoms with Gasteiger partial charge in [-0.15, -0.1) is 0 Å². The molecule has 5 fully saturated rings. The predicted molar refractivity (Wildman–Crippen MR) is 268 cm³/mol. The fraction of sp³-hybridized carbons (Fsp3) is 0.582. The third kappa shape index (κ3) is 9.60. The molecule has 3 amide bonds. The minimum atomic E-state index is -0.835. The lowest BCUT2D eigenvalue weighted by molar-refractivity contribution is -0.135. The highest BCUT2D eigenvalue weighted by Crippen LogP contribution is 2.50. The zero-order chi connectivity index (χ0) is 50.5. The number of methoxy groups -OCH3 is 1. The first-order valence-electron chi connectivity index (χ1n) is 26.5. The summed E-state index contributed by atoms with van der Waals surface area (Å²) in [6, 6.07) is 5.60. The van der Waals surface area contributed by atoms with Gasteiger partial charge in [0.05, 0.1) is 53.3 Å². The smallest absolute Gasteiger partial charge is 0.407 e. The Morgan fingerprint density at radius 3 is 1.69 bits per heavy atom. The zero-order valence-corrected chi connectivity index (χ0v) is 42.2. The average molecular weight is 996 g/mol. The van der Waals surface area contributed by atoms with E-state index in [1.807, 2.05) is 37.5 Å². The number of imidazole rings is 2. The summed E-state index contributed by atoms with van der Waals surface area (Å²) in [5.74, 6) is -0.581. The average Bonchev–Trinajstić information content (AvgIpc) is 4.22. The Morgan fingerprint density at radius 1 is 0.639 bits per heavy atom. The Kier molecular flexibility index (Phi) is 14.2.